The van der Waals surface area contributed by atoms with Gasteiger partial charge in [0.2, 0.25) is 10.0 Å². The maximum absolute atomic E-state index is 12.8. The first kappa shape index (κ1) is 16.0. The number of sulfonamides is 1. The molecular formula is C15H16FNO2S2. The second-order valence-corrected chi connectivity index (χ2v) is 7.42. The predicted octanol–water partition coefficient (Wildman–Crippen LogP) is 3.04. The van der Waals surface area contributed by atoms with E-state index in [0.29, 0.717) is 17.9 Å². The zero-order valence-electron chi connectivity index (χ0n) is 11.3. The first-order chi connectivity index (χ1) is 10.1. The molecule has 0 saturated heterocycles. The number of rotatable bonds is 7. The van der Waals surface area contributed by atoms with Crippen molar-refractivity contribution in [2.45, 2.75) is 10.6 Å². The molecule has 1 N–H and O–H groups in total. The van der Waals surface area contributed by atoms with Crippen molar-refractivity contribution in [2.75, 3.05) is 12.3 Å². The highest BCUT2D eigenvalue weighted by molar-refractivity contribution is 7.99. The van der Waals surface area contributed by atoms with Gasteiger partial charge in [0.05, 0.1) is 5.75 Å². The van der Waals surface area contributed by atoms with Crippen molar-refractivity contribution >= 4 is 21.8 Å². The number of halogens is 1. The molecule has 0 radical (unpaired) electrons. The van der Waals surface area contributed by atoms with Crippen molar-refractivity contribution < 1.29 is 12.8 Å². The van der Waals surface area contributed by atoms with Crippen molar-refractivity contribution in [2.24, 2.45) is 0 Å². The van der Waals surface area contributed by atoms with Crippen LogP contribution >= 0.6 is 11.8 Å². The summed E-state index contributed by atoms with van der Waals surface area (Å²) in [5.41, 5.74) is 0.569. The van der Waals surface area contributed by atoms with Crippen LogP contribution in [0.3, 0.4) is 0 Å². The highest BCUT2D eigenvalue weighted by atomic mass is 32.2. The first-order valence-corrected chi connectivity index (χ1v) is 9.08. The van der Waals surface area contributed by atoms with Gasteiger partial charge in [-0.3, -0.25) is 0 Å². The Morgan fingerprint density at radius 1 is 1.00 bits per heavy atom. The SMILES string of the molecule is O=S(=O)(Cc1ccc(F)cc1)NCCSc1ccccc1. The van der Waals surface area contributed by atoms with Crippen LogP contribution in [0.2, 0.25) is 0 Å². The lowest BCUT2D eigenvalue weighted by atomic mass is 10.2. The fraction of sp³-hybridized carbons (Fsp3) is 0.200. The molecule has 0 heterocycles. The summed E-state index contributed by atoms with van der Waals surface area (Å²) in [4.78, 5) is 1.11. The van der Waals surface area contributed by atoms with E-state index in [1.807, 2.05) is 30.3 Å². The molecular weight excluding hydrogens is 309 g/mol. The predicted molar refractivity (Wildman–Crippen MR) is 84.2 cm³/mol. The van der Waals surface area contributed by atoms with Gasteiger partial charge in [0.15, 0.2) is 0 Å². The summed E-state index contributed by atoms with van der Waals surface area (Å²) in [6, 6.07) is 15.3. The topological polar surface area (TPSA) is 46.2 Å². The van der Waals surface area contributed by atoms with Gasteiger partial charge < -0.3 is 0 Å². The molecule has 2 aromatic rings. The number of thioether (sulfide) groups is 1. The highest BCUT2D eigenvalue weighted by Gasteiger charge is 2.10. The summed E-state index contributed by atoms with van der Waals surface area (Å²) >= 11 is 1.59. The quantitative estimate of drug-likeness (QED) is 0.629. The van der Waals surface area contributed by atoms with Crippen molar-refractivity contribution in [3.8, 4) is 0 Å². The van der Waals surface area contributed by atoms with Gasteiger partial charge >= 0.3 is 0 Å². The number of benzene rings is 2. The van der Waals surface area contributed by atoms with Crippen LogP contribution in [0, 0.1) is 5.82 Å². The van der Waals surface area contributed by atoms with Gasteiger partial charge in [0, 0.05) is 17.2 Å². The van der Waals surface area contributed by atoms with E-state index in [4.69, 9.17) is 0 Å². The Morgan fingerprint density at radius 3 is 2.33 bits per heavy atom. The van der Waals surface area contributed by atoms with Crippen LogP contribution in [-0.2, 0) is 15.8 Å². The zero-order chi connectivity index (χ0) is 15.1. The van der Waals surface area contributed by atoms with Gasteiger partial charge in [-0.05, 0) is 29.8 Å². The summed E-state index contributed by atoms with van der Waals surface area (Å²) in [6.45, 7) is 0.364. The van der Waals surface area contributed by atoms with E-state index in [2.05, 4.69) is 4.72 Å². The van der Waals surface area contributed by atoms with Crippen LogP contribution in [0.25, 0.3) is 0 Å². The number of hydrogen-bond donors (Lipinski definition) is 1. The maximum atomic E-state index is 12.8. The molecule has 2 aromatic carbocycles. The Kier molecular flexibility index (Phi) is 5.78. The molecule has 3 nitrogen and oxygen atoms in total. The van der Waals surface area contributed by atoms with Crippen LogP contribution in [0.15, 0.2) is 59.5 Å². The van der Waals surface area contributed by atoms with E-state index in [0.717, 1.165) is 4.90 Å². The van der Waals surface area contributed by atoms with E-state index in [9.17, 15) is 12.8 Å². The minimum absolute atomic E-state index is 0.136. The molecule has 0 aliphatic rings. The second kappa shape index (κ2) is 7.59. The normalized spacial score (nSPS) is 11.5. The van der Waals surface area contributed by atoms with E-state index < -0.39 is 10.0 Å². The molecule has 0 aliphatic carbocycles. The molecule has 0 spiro atoms. The highest BCUT2D eigenvalue weighted by Crippen LogP contribution is 2.16. The first-order valence-electron chi connectivity index (χ1n) is 6.45. The average molecular weight is 325 g/mol. The van der Waals surface area contributed by atoms with E-state index in [1.54, 1.807) is 11.8 Å². The summed E-state index contributed by atoms with van der Waals surface area (Å²) in [6.07, 6.45) is 0. The van der Waals surface area contributed by atoms with Crippen molar-refractivity contribution in [3.05, 3.63) is 66.0 Å². The molecule has 6 heteroatoms. The van der Waals surface area contributed by atoms with Gasteiger partial charge in [0.1, 0.15) is 5.82 Å². The monoisotopic (exact) mass is 325 g/mol. The Labute approximate surface area is 128 Å². The third kappa shape index (κ3) is 5.87. The summed E-state index contributed by atoms with van der Waals surface area (Å²) in [5, 5.41) is 0. The molecule has 0 aromatic heterocycles. The largest absolute Gasteiger partial charge is 0.215 e. The van der Waals surface area contributed by atoms with Crippen LogP contribution in [0.5, 0.6) is 0 Å². The molecule has 0 atom stereocenters. The molecule has 0 bridgehead atoms. The number of hydrogen-bond acceptors (Lipinski definition) is 3. The maximum Gasteiger partial charge on any atom is 0.215 e. The summed E-state index contributed by atoms with van der Waals surface area (Å²) in [7, 11) is -3.39. The van der Waals surface area contributed by atoms with Crippen LogP contribution < -0.4 is 4.72 Å². The fourth-order valence-electron chi connectivity index (χ4n) is 1.73. The van der Waals surface area contributed by atoms with Crippen LogP contribution in [-0.4, -0.2) is 20.7 Å². The van der Waals surface area contributed by atoms with Crippen molar-refractivity contribution in [1.82, 2.24) is 4.72 Å². The average Bonchev–Trinajstić information content (AvgIpc) is 2.47. The number of nitrogens with one attached hydrogen (secondary N) is 1. The minimum Gasteiger partial charge on any atom is -0.214 e. The lowest BCUT2D eigenvalue weighted by Gasteiger charge is -2.07. The minimum atomic E-state index is -3.39. The molecule has 0 aliphatic heterocycles. The lowest BCUT2D eigenvalue weighted by molar-refractivity contribution is 0.583. The molecule has 112 valence electrons. The Balaban J connectivity index is 1.77. The van der Waals surface area contributed by atoms with Gasteiger partial charge in [0.25, 0.3) is 0 Å². The summed E-state index contributed by atoms with van der Waals surface area (Å²) in [5.74, 6) is 0.152. The molecule has 2 rings (SSSR count). The third-order valence-corrected chi connectivity index (χ3v) is 5.08. The molecule has 0 unspecified atom stereocenters. The lowest BCUT2D eigenvalue weighted by Crippen LogP contribution is -2.27. The Hall–Kier alpha value is -1.37. The van der Waals surface area contributed by atoms with Gasteiger partial charge in [-0.1, -0.05) is 30.3 Å². The molecule has 0 fully saturated rings. The van der Waals surface area contributed by atoms with Crippen molar-refractivity contribution in [3.63, 3.8) is 0 Å². The van der Waals surface area contributed by atoms with Gasteiger partial charge in [-0.2, -0.15) is 0 Å². The van der Waals surface area contributed by atoms with E-state index in [1.165, 1.54) is 24.3 Å². The van der Waals surface area contributed by atoms with Gasteiger partial charge in [-0.25, -0.2) is 17.5 Å². The van der Waals surface area contributed by atoms with Gasteiger partial charge in [-0.15, -0.1) is 11.8 Å². The van der Waals surface area contributed by atoms with E-state index >= 15 is 0 Å². The third-order valence-electron chi connectivity index (χ3n) is 2.71. The van der Waals surface area contributed by atoms with Crippen LogP contribution in [0.4, 0.5) is 4.39 Å². The molecule has 21 heavy (non-hydrogen) atoms. The smallest absolute Gasteiger partial charge is 0.214 e. The summed E-state index contributed by atoms with van der Waals surface area (Å²) < 4.78 is 39.1. The Bertz CT molecular complexity index is 658. The fourth-order valence-corrected chi connectivity index (χ4v) is 3.80. The molecule has 0 amide bonds. The van der Waals surface area contributed by atoms with E-state index in [-0.39, 0.29) is 11.6 Å². The standard InChI is InChI=1S/C15H16FNO2S2/c16-14-8-6-13(7-9-14)12-21(18,19)17-10-11-20-15-4-2-1-3-5-15/h1-9,17H,10-12H2. The molecule has 0 saturated carbocycles. The van der Waals surface area contributed by atoms with Crippen LogP contribution in [0.1, 0.15) is 5.56 Å². The zero-order valence-corrected chi connectivity index (χ0v) is 13.0. The second-order valence-electron chi connectivity index (χ2n) is 4.44. The van der Waals surface area contributed by atoms with Crippen molar-refractivity contribution in [1.29, 1.82) is 0 Å². The Morgan fingerprint density at radius 2 is 1.67 bits per heavy atom.